The third kappa shape index (κ3) is 4.40. The number of hydrogen-bond acceptors (Lipinski definition) is 8. The lowest BCUT2D eigenvalue weighted by Crippen LogP contribution is -2.46. The Labute approximate surface area is 113 Å². The summed E-state index contributed by atoms with van der Waals surface area (Å²) in [6.45, 7) is -0.780. The molecule has 0 radical (unpaired) electrons. The Balaban J connectivity index is 2.47. The van der Waals surface area contributed by atoms with Crippen LogP contribution in [0.1, 0.15) is 10.6 Å². The minimum absolute atomic E-state index is 0.00734. The maximum atomic E-state index is 11.4. The first-order valence-electron chi connectivity index (χ1n) is 5.67. The molecule has 0 spiro atoms. The summed E-state index contributed by atoms with van der Waals surface area (Å²) in [5, 5.41) is 49.3. The van der Waals surface area contributed by atoms with Gasteiger partial charge in [-0.3, -0.25) is 4.79 Å². The Morgan fingerprint density at radius 1 is 1.35 bits per heavy atom. The molecule has 6 N–H and O–H groups in total. The second kappa shape index (κ2) is 7.72. The SMILES string of the molecule is O=C(N/N=C/C(O)C(O)C(O)C(O)CO)c1ccco1. The summed E-state index contributed by atoms with van der Waals surface area (Å²) < 4.78 is 4.79. The Morgan fingerprint density at radius 2 is 2.05 bits per heavy atom. The largest absolute Gasteiger partial charge is 0.459 e. The topological polar surface area (TPSA) is 156 Å². The molecule has 4 unspecified atom stereocenters. The Bertz CT molecular complexity index is 434. The molecule has 0 bridgehead atoms. The van der Waals surface area contributed by atoms with E-state index in [4.69, 9.17) is 14.6 Å². The highest BCUT2D eigenvalue weighted by Crippen LogP contribution is 2.04. The molecule has 1 heterocycles. The van der Waals surface area contributed by atoms with Gasteiger partial charge < -0.3 is 29.9 Å². The predicted octanol–water partition coefficient (Wildman–Crippen LogP) is -2.57. The lowest BCUT2D eigenvalue weighted by molar-refractivity contribution is -0.0999. The van der Waals surface area contributed by atoms with Gasteiger partial charge in [-0.15, -0.1) is 0 Å². The van der Waals surface area contributed by atoms with Gasteiger partial charge >= 0.3 is 5.91 Å². The van der Waals surface area contributed by atoms with Crippen molar-refractivity contribution in [2.45, 2.75) is 24.4 Å². The highest BCUT2D eigenvalue weighted by atomic mass is 16.4. The van der Waals surface area contributed by atoms with E-state index < -0.39 is 36.9 Å². The number of hydrogen-bond donors (Lipinski definition) is 6. The van der Waals surface area contributed by atoms with E-state index in [1.807, 2.05) is 5.43 Å². The number of nitrogens with one attached hydrogen (secondary N) is 1. The van der Waals surface area contributed by atoms with Crippen LogP contribution in [-0.2, 0) is 0 Å². The van der Waals surface area contributed by atoms with E-state index >= 15 is 0 Å². The highest BCUT2D eigenvalue weighted by molar-refractivity contribution is 5.91. The Kier molecular flexibility index (Phi) is 6.28. The maximum absolute atomic E-state index is 11.4. The molecule has 1 amide bonds. The van der Waals surface area contributed by atoms with Crippen LogP contribution >= 0.6 is 0 Å². The average molecular weight is 288 g/mol. The number of aliphatic hydroxyl groups is 5. The molecule has 0 saturated carbocycles. The second-order valence-corrected chi connectivity index (χ2v) is 3.92. The summed E-state index contributed by atoms with van der Waals surface area (Å²) in [4.78, 5) is 11.4. The molecule has 4 atom stereocenters. The number of aliphatic hydroxyl groups excluding tert-OH is 5. The van der Waals surface area contributed by atoms with E-state index in [1.54, 1.807) is 0 Å². The van der Waals surface area contributed by atoms with Crippen LogP contribution in [0.3, 0.4) is 0 Å². The monoisotopic (exact) mass is 288 g/mol. The van der Waals surface area contributed by atoms with Crippen LogP contribution in [0.2, 0.25) is 0 Å². The van der Waals surface area contributed by atoms with Crippen molar-refractivity contribution in [1.29, 1.82) is 0 Å². The van der Waals surface area contributed by atoms with Crippen LogP contribution in [0.25, 0.3) is 0 Å². The van der Waals surface area contributed by atoms with Crippen molar-refractivity contribution in [1.82, 2.24) is 5.43 Å². The van der Waals surface area contributed by atoms with Gasteiger partial charge in [0.1, 0.15) is 24.4 Å². The second-order valence-electron chi connectivity index (χ2n) is 3.92. The van der Waals surface area contributed by atoms with Gasteiger partial charge in [-0.25, -0.2) is 5.43 Å². The molecule has 0 saturated heterocycles. The lowest BCUT2D eigenvalue weighted by atomic mass is 10.0. The predicted molar refractivity (Wildman–Crippen MR) is 65.8 cm³/mol. The molecule has 112 valence electrons. The zero-order valence-electron chi connectivity index (χ0n) is 10.3. The van der Waals surface area contributed by atoms with Crippen molar-refractivity contribution in [3.8, 4) is 0 Å². The van der Waals surface area contributed by atoms with Gasteiger partial charge in [0.25, 0.3) is 0 Å². The van der Waals surface area contributed by atoms with Crippen LogP contribution in [-0.4, -0.2) is 68.7 Å². The van der Waals surface area contributed by atoms with Gasteiger partial charge in [0.2, 0.25) is 0 Å². The summed E-state index contributed by atoms with van der Waals surface area (Å²) in [5.74, 6) is -0.656. The van der Waals surface area contributed by atoms with Crippen molar-refractivity contribution in [3.63, 3.8) is 0 Å². The summed E-state index contributed by atoms with van der Waals surface area (Å²) in [6, 6.07) is 2.90. The molecular weight excluding hydrogens is 272 g/mol. The lowest BCUT2D eigenvalue weighted by Gasteiger charge is -2.23. The Hall–Kier alpha value is -1.78. The Morgan fingerprint density at radius 3 is 2.60 bits per heavy atom. The summed E-state index contributed by atoms with van der Waals surface area (Å²) in [6.07, 6.45) is -4.74. The molecule has 0 fully saturated rings. The van der Waals surface area contributed by atoms with Gasteiger partial charge in [-0.05, 0) is 12.1 Å². The molecule has 20 heavy (non-hydrogen) atoms. The number of nitrogens with zero attached hydrogens (tertiary/aromatic N) is 1. The number of amides is 1. The number of carbonyl (C=O) groups is 1. The third-order valence-electron chi connectivity index (χ3n) is 2.42. The fraction of sp³-hybridized carbons (Fsp3) is 0.455. The number of carbonyl (C=O) groups excluding carboxylic acids is 1. The van der Waals surface area contributed by atoms with E-state index in [0.29, 0.717) is 0 Å². The normalized spacial score (nSPS) is 17.6. The zero-order chi connectivity index (χ0) is 15.1. The molecule has 1 rings (SSSR count). The molecule has 0 aliphatic heterocycles. The average Bonchev–Trinajstić information content (AvgIpc) is 2.98. The van der Waals surface area contributed by atoms with Crippen molar-refractivity contribution in [2.75, 3.05) is 6.61 Å². The van der Waals surface area contributed by atoms with Gasteiger partial charge in [0, 0.05) is 0 Å². The van der Waals surface area contributed by atoms with Crippen LogP contribution in [0, 0.1) is 0 Å². The summed E-state index contributed by atoms with van der Waals surface area (Å²) in [5.41, 5.74) is 2.03. The molecule has 0 aromatic carbocycles. The molecule has 0 aliphatic carbocycles. The first kappa shape index (κ1) is 16.3. The molecule has 9 heteroatoms. The van der Waals surface area contributed by atoms with Crippen molar-refractivity contribution >= 4 is 12.1 Å². The van der Waals surface area contributed by atoms with Crippen LogP contribution in [0.15, 0.2) is 27.9 Å². The minimum Gasteiger partial charge on any atom is -0.459 e. The standard InChI is InChI=1S/C11H16N2O7/c14-5-7(16)10(18)9(17)6(15)4-12-13-11(19)8-2-1-3-20-8/h1-4,6-7,9-10,14-18H,5H2,(H,13,19)/b12-4+. The van der Waals surface area contributed by atoms with Crippen LogP contribution in [0.5, 0.6) is 0 Å². The fourth-order valence-corrected chi connectivity index (χ4v) is 1.26. The minimum atomic E-state index is -1.78. The van der Waals surface area contributed by atoms with Crippen molar-refractivity contribution in [2.24, 2.45) is 5.10 Å². The van der Waals surface area contributed by atoms with Crippen molar-refractivity contribution in [3.05, 3.63) is 24.2 Å². The van der Waals surface area contributed by atoms with E-state index in [9.17, 15) is 20.1 Å². The fourth-order valence-electron chi connectivity index (χ4n) is 1.26. The molecule has 1 aromatic rings. The number of furan rings is 1. The van der Waals surface area contributed by atoms with Gasteiger partial charge in [0.05, 0.1) is 19.1 Å². The van der Waals surface area contributed by atoms with E-state index in [2.05, 4.69) is 5.10 Å². The van der Waals surface area contributed by atoms with E-state index in [0.717, 1.165) is 6.21 Å². The number of hydrazone groups is 1. The molecule has 9 nitrogen and oxygen atoms in total. The van der Waals surface area contributed by atoms with Gasteiger partial charge in [-0.2, -0.15) is 5.10 Å². The first-order valence-corrected chi connectivity index (χ1v) is 5.67. The molecular formula is C11H16N2O7. The van der Waals surface area contributed by atoms with E-state index in [-0.39, 0.29) is 5.76 Å². The maximum Gasteiger partial charge on any atom is 0.307 e. The smallest absolute Gasteiger partial charge is 0.307 e. The first-order chi connectivity index (χ1) is 9.47. The summed E-state index contributed by atoms with van der Waals surface area (Å²) in [7, 11) is 0. The van der Waals surface area contributed by atoms with Crippen LogP contribution < -0.4 is 5.43 Å². The molecule has 1 aromatic heterocycles. The number of rotatable bonds is 7. The third-order valence-corrected chi connectivity index (χ3v) is 2.42. The van der Waals surface area contributed by atoms with E-state index in [1.165, 1.54) is 18.4 Å². The zero-order valence-corrected chi connectivity index (χ0v) is 10.3. The quantitative estimate of drug-likeness (QED) is 0.238. The summed E-state index contributed by atoms with van der Waals surface area (Å²) >= 11 is 0. The molecule has 0 aliphatic rings. The highest BCUT2D eigenvalue weighted by Gasteiger charge is 2.29. The van der Waals surface area contributed by atoms with Crippen LogP contribution in [0.4, 0.5) is 0 Å². The van der Waals surface area contributed by atoms with Gasteiger partial charge in [-0.1, -0.05) is 0 Å². The van der Waals surface area contributed by atoms with Crippen molar-refractivity contribution < 1.29 is 34.7 Å². The van der Waals surface area contributed by atoms with Gasteiger partial charge in [0.15, 0.2) is 5.76 Å².